The third-order valence-corrected chi connectivity index (χ3v) is 10.9. The van der Waals surface area contributed by atoms with E-state index in [4.69, 9.17) is 9.47 Å². The number of carbonyl (C=O) groups is 3. The van der Waals surface area contributed by atoms with Gasteiger partial charge in [0.05, 0.1) is 13.0 Å². The van der Waals surface area contributed by atoms with Gasteiger partial charge in [-0.15, -0.1) is 0 Å². The summed E-state index contributed by atoms with van der Waals surface area (Å²) in [7, 11) is 0. The molecular weight excluding hydrogens is 576 g/mol. The molecular formula is C39H70N2O5. The maximum absolute atomic E-state index is 14.7. The fourth-order valence-electron chi connectivity index (χ4n) is 9.30. The Labute approximate surface area is 282 Å². The molecule has 0 radical (unpaired) electrons. The van der Waals surface area contributed by atoms with Gasteiger partial charge in [-0.1, -0.05) is 110 Å². The number of esters is 1. The number of carbonyl (C=O) groups excluding carboxylic acids is 3. The van der Waals surface area contributed by atoms with Crippen LogP contribution < -0.4 is 0 Å². The maximum Gasteiger partial charge on any atom is 0.307 e. The third-order valence-electron chi connectivity index (χ3n) is 10.9. The molecule has 0 bridgehead atoms. The van der Waals surface area contributed by atoms with E-state index in [0.717, 1.165) is 51.4 Å². The Morgan fingerprint density at radius 3 is 1.65 bits per heavy atom. The molecule has 46 heavy (non-hydrogen) atoms. The minimum absolute atomic E-state index is 0.00596. The predicted molar refractivity (Wildman–Crippen MR) is 186 cm³/mol. The lowest BCUT2D eigenvalue weighted by molar-refractivity contribution is -0.202. The van der Waals surface area contributed by atoms with Crippen molar-refractivity contribution in [2.24, 2.45) is 0 Å². The first-order chi connectivity index (χ1) is 21.9. The summed E-state index contributed by atoms with van der Waals surface area (Å²) in [6.45, 7) is 12.9. The van der Waals surface area contributed by atoms with E-state index in [-0.39, 0.29) is 24.2 Å². The summed E-state index contributed by atoms with van der Waals surface area (Å²) < 4.78 is 12.9. The van der Waals surface area contributed by atoms with E-state index in [1.165, 1.54) is 83.5 Å². The van der Waals surface area contributed by atoms with Gasteiger partial charge >= 0.3 is 5.97 Å². The lowest BCUT2D eigenvalue weighted by Crippen LogP contribution is -2.68. The fraction of sp³-hybridized carbons (Fsp3) is 0.923. The second-order valence-electron chi connectivity index (χ2n) is 16.2. The van der Waals surface area contributed by atoms with Crippen molar-refractivity contribution < 1.29 is 23.9 Å². The molecule has 2 amide bonds. The summed E-state index contributed by atoms with van der Waals surface area (Å²) >= 11 is 0. The Balaban J connectivity index is 1.66. The molecule has 0 unspecified atom stereocenters. The van der Waals surface area contributed by atoms with Crippen molar-refractivity contribution in [1.82, 2.24) is 9.80 Å². The SMILES string of the molecule is CCCCCCCCCCCCOC(=O)CCN1C(=O)C2(CC(C)(C)N(C(C)=O)C(C)(C)C2)OC12CCCCCCCCCCC2. The van der Waals surface area contributed by atoms with E-state index in [1.807, 2.05) is 9.80 Å². The average Bonchev–Trinajstić information content (AvgIpc) is 3.16. The molecule has 1 aliphatic carbocycles. The Kier molecular flexibility index (Phi) is 15.4. The molecule has 1 saturated carbocycles. The molecule has 7 heteroatoms. The van der Waals surface area contributed by atoms with Crippen LogP contribution in [0.25, 0.3) is 0 Å². The van der Waals surface area contributed by atoms with Crippen LogP contribution in [0.5, 0.6) is 0 Å². The Hall–Kier alpha value is -1.63. The molecule has 0 N–H and O–H groups in total. The van der Waals surface area contributed by atoms with Gasteiger partial charge in [-0.25, -0.2) is 0 Å². The highest BCUT2D eigenvalue weighted by Crippen LogP contribution is 2.53. The van der Waals surface area contributed by atoms with Crippen LogP contribution in [0.4, 0.5) is 0 Å². The molecule has 0 aromatic heterocycles. The number of likely N-dealkylation sites (tertiary alicyclic amines) is 1. The minimum atomic E-state index is -1.00. The number of rotatable bonds is 14. The van der Waals surface area contributed by atoms with Crippen molar-refractivity contribution in [1.29, 1.82) is 0 Å². The van der Waals surface area contributed by atoms with Crippen molar-refractivity contribution in [3.8, 4) is 0 Å². The van der Waals surface area contributed by atoms with E-state index < -0.39 is 22.4 Å². The minimum Gasteiger partial charge on any atom is -0.466 e. The van der Waals surface area contributed by atoms with E-state index in [1.54, 1.807) is 6.92 Å². The number of nitrogens with zero attached hydrogens (tertiary/aromatic N) is 2. The predicted octanol–water partition coefficient (Wildman–Crippen LogP) is 9.64. The smallest absolute Gasteiger partial charge is 0.307 e. The van der Waals surface area contributed by atoms with Gasteiger partial charge in [-0.05, 0) is 59.8 Å². The first kappa shape index (κ1) is 38.8. The van der Waals surface area contributed by atoms with Crippen LogP contribution in [0.15, 0.2) is 0 Å². The van der Waals surface area contributed by atoms with Gasteiger partial charge in [0.15, 0.2) is 5.60 Å². The van der Waals surface area contributed by atoms with Crippen LogP contribution in [0.1, 0.15) is 196 Å². The van der Waals surface area contributed by atoms with Crippen molar-refractivity contribution in [2.75, 3.05) is 13.2 Å². The van der Waals surface area contributed by atoms with E-state index >= 15 is 0 Å². The molecule has 3 rings (SSSR count). The van der Waals surface area contributed by atoms with Crippen LogP contribution in [-0.2, 0) is 23.9 Å². The van der Waals surface area contributed by atoms with Gasteiger partial charge in [0.25, 0.3) is 5.91 Å². The van der Waals surface area contributed by atoms with Gasteiger partial charge < -0.3 is 19.3 Å². The molecule has 2 spiro atoms. The molecule has 2 aliphatic heterocycles. The van der Waals surface area contributed by atoms with Crippen LogP contribution in [-0.4, -0.2) is 63.1 Å². The number of amides is 2. The lowest BCUT2D eigenvalue weighted by atomic mass is 9.70. The Morgan fingerprint density at radius 2 is 1.17 bits per heavy atom. The van der Waals surface area contributed by atoms with Gasteiger partial charge in [0.2, 0.25) is 5.91 Å². The lowest BCUT2D eigenvalue weighted by Gasteiger charge is -2.57. The van der Waals surface area contributed by atoms with E-state index in [0.29, 0.717) is 26.0 Å². The van der Waals surface area contributed by atoms with Crippen molar-refractivity contribution in [3.05, 3.63) is 0 Å². The first-order valence-corrected chi connectivity index (χ1v) is 19.4. The van der Waals surface area contributed by atoms with Gasteiger partial charge in [0, 0.05) is 37.4 Å². The molecule has 0 aromatic rings. The van der Waals surface area contributed by atoms with Crippen LogP contribution in [0, 0.1) is 0 Å². The zero-order valence-electron chi connectivity index (χ0n) is 30.8. The monoisotopic (exact) mass is 647 g/mol. The maximum atomic E-state index is 14.7. The van der Waals surface area contributed by atoms with Crippen molar-refractivity contribution in [2.45, 2.75) is 218 Å². The quantitative estimate of drug-likeness (QED) is 0.139. The second kappa shape index (κ2) is 18.2. The number of unbranched alkanes of at least 4 members (excludes halogenated alkanes) is 9. The molecule has 3 aliphatic rings. The average molecular weight is 647 g/mol. The molecule has 0 atom stereocenters. The van der Waals surface area contributed by atoms with Gasteiger partial charge in [-0.3, -0.25) is 14.4 Å². The molecule has 2 heterocycles. The third kappa shape index (κ3) is 10.7. The van der Waals surface area contributed by atoms with Crippen LogP contribution >= 0.6 is 0 Å². The number of ether oxygens (including phenoxy) is 2. The second-order valence-corrected chi connectivity index (χ2v) is 16.2. The highest BCUT2D eigenvalue weighted by molar-refractivity contribution is 5.89. The fourth-order valence-corrected chi connectivity index (χ4v) is 9.30. The number of hydrogen-bond donors (Lipinski definition) is 0. The summed E-state index contributed by atoms with van der Waals surface area (Å²) in [5.74, 6) is -0.190. The van der Waals surface area contributed by atoms with Gasteiger partial charge in [-0.2, -0.15) is 0 Å². The molecule has 266 valence electrons. The Morgan fingerprint density at radius 1 is 0.717 bits per heavy atom. The van der Waals surface area contributed by atoms with Crippen molar-refractivity contribution in [3.63, 3.8) is 0 Å². The normalized spacial score (nSPS) is 22.9. The number of hydrogen-bond acceptors (Lipinski definition) is 5. The molecule has 2 saturated heterocycles. The largest absolute Gasteiger partial charge is 0.466 e. The van der Waals surface area contributed by atoms with Crippen molar-refractivity contribution >= 4 is 17.8 Å². The highest BCUT2D eigenvalue weighted by atomic mass is 16.6. The van der Waals surface area contributed by atoms with Crippen LogP contribution in [0.2, 0.25) is 0 Å². The molecule has 3 fully saturated rings. The summed E-state index contributed by atoms with van der Waals surface area (Å²) in [6, 6.07) is 0. The topological polar surface area (TPSA) is 76.2 Å². The summed E-state index contributed by atoms with van der Waals surface area (Å²) in [6.07, 6.45) is 25.7. The highest BCUT2D eigenvalue weighted by Gasteiger charge is 2.66. The molecule has 7 nitrogen and oxygen atoms in total. The first-order valence-electron chi connectivity index (χ1n) is 19.4. The number of piperidine rings is 1. The zero-order valence-corrected chi connectivity index (χ0v) is 30.8. The summed E-state index contributed by atoms with van der Waals surface area (Å²) in [5.41, 5.74) is -2.80. The van der Waals surface area contributed by atoms with E-state index in [9.17, 15) is 14.4 Å². The Bertz CT molecular complexity index is 930. The van der Waals surface area contributed by atoms with E-state index in [2.05, 4.69) is 34.6 Å². The zero-order chi connectivity index (χ0) is 33.7. The molecule has 0 aromatic carbocycles. The summed E-state index contributed by atoms with van der Waals surface area (Å²) in [4.78, 5) is 44.4. The van der Waals surface area contributed by atoms with Gasteiger partial charge in [0.1, 0.15) is 5.72 Å². The standard InChI is InChI=1S/C39H70N2O5/c1-7-8-9-10-11-12-16-19-22-25-30-45-34(43)26-29-40-35(44)38(31-36(3,4)41(33(2)42)37(5,6)32-38)46-39(40)27-23-20-17-14-13-15-18-21-24-28-39/h7-32H2,1-6H3. The summed E-state index contributed by atoms with van der Waals surface area (Å²) in [5, 5.41) is 0. The van der Waals surface area contributed by atoms with Crippen LogP contribution in [0.3, 0.4) is 0 Å².